The summed E-state index contributed by atoms with van der Waals surface area (Å²) >= 11 is 0. The monoisotopic (exact) mass is 406 g/mol. The van der Waals surface area contributed by atoms with Crippen LogP contribution in [0, 0.1) is 22.7 Å². The summed E-state index contributed by atoms with van der Waals surface area (Å²) in [6.45, 7) is 5.53. The van der Waals surface area contributed by atoms with E-state index in [9.17, 15) is 19.5 Å². The summed E-state index contributed by atoms with van der Waals surface area (Å²) in [6.07, 6.45) is 0.703. The minimum Gasteiger partial charge on any atom is -0.462 e. The number of carbonyl (C=O) groups is 3. The van der Waals surface area contributed by atoms with E-state index in [1.54, 1.807) is 6.92 Å². The van der Waals surface area contributed by atoms with Crippen molar-refractivity contribution in [3.05, 3.63) is 11.6 Å². The van der Waals surface area contributed by atoms with Crippen molar-refractivity contribution < 1.29 is 43.2 Å². The van der Waals surface area contributed by atoms with Gasteiger partial charge >= 0.3 is 17.9 Å². The van der Waals surface area contributed by atoms with Gasteiger partial charge in [0.15, 0.2) is 0 Å². The quantitative estimate of drug-likeness (QED) is 0.492. The zero-order valence-corrected chi connectivity index (χ0v) is 16.4. The predicted octanol–water partition coefficient (Wildman–Crippen LogP) is 0.542. The lowest BCUT2D eigenvalue weighted by molar-refractivity contribution is -0.538. The lowest BCUT2D eigenvalue weighted by Gasteiger charge is -2.76. The molecule has 156 valence electrons. The van der Waals surface area contributed by atoms with Gasteiger partial charge in [0.05, 0.1) is 22.3 Å². The van der Waals surface area contributed by atoms with Crippen LogP contribution in [0.1, 0.15) is 40.0 Å². The van der Waals surface area contributed by atoms with Crippen molar-refractivity contribution in [2.45, 2.75) is 63.5 Å². The standard InChI is InChI=1S/C20H22O9/c1-9-11-7-18(10-6-12(21)26-14(10)23)28-19-8-25-15(24)16(19,2)4-5-20(29-18,17(11,19)3)27-13(9)22/h6,9,11-12,21H,4-5,7-8H2,1-3H3/t9-,11+,12-,16-,17-,18-,19-,20+/m0/s1. The van der Waals surface area contributed by atoms with Crippen LogP contribution in [0.25, 0.3) is 0 Å². The molecule has 9 heteroatoms. The summed E-state index contributed by atoms with van der Waals surface area (Å²) in [4.78, 5) is 38.1. The zero-order chi connectivity index (χ0) is 20.6. The molecule has 0 amide bonds. The maximum absolute atomic E-state index is 12.9. The first kappa shape index (κ1) is 17.9. The van der Waals surface area contributed by atoms with E-state index in [-0.39, 0.29) is 42.9 Å². The van der Waals surface area contributed by atoms with Gasteiger partial charge in [-0.2, -0.15) is 0 Å². The van der Waals surface area contributed by atoms with Gasteiger partial charge in [0.1, 0.15) is 12.2 Å². The number of carbonyl (C=O) groups excluding carboxylic acids is 3. The SMILES string of the molecule is C[C@@H]1C(=O)O[C@@]23CC[C@@]4(C)C(=O)OC[C@]45O[C@@](C4=C[C@@H](O)OC4=O)(C[C@H]1[C@]25C)O3. The van der Waals surface area contributed by atoms with Gasteiger partial charge in [-0.1, -0.05) is 13.8 Å². The normalized spacial score (nSPS) is 57.0. The van der Waals surface area contributed by atoms with Gasteiger partial charge in [0.25, 0.3) is 0 Å². The van der Waals surface area contributed by atoms with Crippen LogP contribution in [0.5, 0.6) is 0 Å². The predicted molar refractivity (Wildman–Crippen MR) is 90.3 cm³/mol. The fourth-order valence-corrected chi connectivity index (χ4v) is 6.99. The van der Waals surface area contributed by atoms with Gasteiger partial charge in [-0.05, 0) is 25.3 Å². The first-order chi connectivity index (χ1) is 13.5. The number of aliphatic hydroxyl groups is 1. The summed E-state index contributed by atoms with van der Waals surface area (Å²) in [5.74, 6) is -5.21. The molecule has 1 saturated carbocycles. The maximum Gasteiger partial charge on any atom is 0.341 e. The molecule has 0 aromatic heterocycles. The molecule has 1 spiro atoms. The van der Waals surface area contributed by atoms with Gasteiger partial charge < -0.3 is 28.8 Å². The molecule has 7 aliphatic rings. The van der Waals surface area contributed by atoms with Crippen LogP contribution in [0.4, 0.5) is 0 Å². The first-order valence-corrected chi connectivity index (χ1v) is 9.96. The van der Waals surface area contributed by atoms with E-state index < -0.39 is 46.2 Å². The second-order valence-corrected chi connectivity index (χ2v) is 9.54. The van der Waals surface area contributed by atoms with Crippen molar-refractivity contribution in [1.82, 2.24) is 0 Å². The molecule has 6 aliphatic heterocycles. The van der Waals surface area contributed by atoms with E-state index >= 15 is 0 Å². The average molecular weight is 406 g/mol. The lowest BCUT2D eigenvalue weighted by atomic mass is 9.41. The summed E-state index contributed by atoms with van der Waals surface area (Å²) in [5.41, 5.74) is -2.95. The fourth-order valence-electron chi connectivity index (χ4n) is 6.99. The van der Waals surface area contributed by atoms with Gasteiger partial charge in [-0.25, -0.2) is 4.79 Å². The Labute approximate surface area is 166 Å². The summed E-state index contributed by atoms with van der Waals surface area (Å²) in [7, 11) is 0. The summed E-state index contributed by atoms with van der Waals surface area (Å²) in [6, 6.07) is 0. The van der Waals surface area contributed by atoms with E-state index in [0.717, 1.165) is 0 Å². The third-order valence-corrected chi connectivity index (χ3v) is 8.64. The Morgan fingerprint density at radius 1 is 1.14 bits per heavy atom. The van der Waals surface area contributed by atoms with E-state index in [4.69, 9.17) is 23.7 Å². The highest BCUT2D eigenvalue weighted by Crippen LogP contribution is 2.78. The van der Waals surface area contributed by atoms with E-state index in [0.29, 0.717) is 6.42 Å². The number of aliphatic hydroxyl groups excluding tert-OH is 1. The van der Waals surface area contributed by atoms with Crippen molar-refractivity contribution in [2.24, 2.45) is 22.7 Å². The van der Waals surface area contributed by atoms with Crippen LogP contribution >= 0.6 is 0 Å². The minimum absolute atomic E-state index is 0.0165. The molecule has 6 heterocycles. The molecule has 0 aromatic rings. The average Bonchev–Trinajstić information content (AvgIpc) is 3.12. The molecule has 29 heavy (non-hydrogen) atoms. The Morgan fingerprint density at radius 3 is 2.59 bits per heavy atom. The molecule has 1 aliphatic carbocycles. The third-order valence-electron chi connectivity index (χ3n) is 8.64. The summed E-state index contributed by atoms with van der Waals surface area (Å²) in [5, 5.41) is 9.86. The number of rotatable bonds is 1. The Bertz CT molecular complexity index is 927. The third kappa shape index (κ3) is 1.56. The van der Waals surface area contributed by atoms with Crippen molar-refractivity contribution in [1.29, 1.82) is 0 Å². The Morgan fingerprint density at radius 2 is 1.90 bits per heavy atom. The van der Waals surface area contributed by atoms with Crippen molar-refractivity contribution in [3.63, 3.8) is 0 Å². The Balaban J connectivity index is 1.64. The van der Waals surface area contributed by atoms with E-state index in [2.05, 4.69) is 0 Å². The van der Waals surface area contributed by atoms with Crippen LogP contribution in [0.3, 0.4) is 0 Å². The van der Waals surface area contributed by atoms with Crippen LogP contribution in [-0.4, -0.2) is 53.1 Å². The topological polar surface area (TPSA) is 118 Å². The number of hydrogen-bond acceptors (Lipinski definition) is 9. The van der Waals surface area contributed by atoms with Crippen LogP contribution in [0.15, 0.2) is 11.6 Å². The molecule has 1 N–H and O–H groups in total. The highest BCUT2D eigenvalue weighted by Gasteiger charge is 2.90. The number of cyclic esters (lactones) is 2. The molecular formula is C20H22O9. The van der Waals surface area contributed by atoms with Crippen LogP contribution < -0.4 is 0 Å². The Kier molecular flexibility index (Phi) is 2.88. The van der Waals surface area contributed by atoms with E-state index in [1.807, 2.05) is 13.8 Å². The zero-order valence-electron chi connectivity index (χ0n) is 16.4. The highest BCUT2D eigenvalue weighted by molar-refractivity contribution is 5.93. The molecule has 5 saturated heterocycles. The van der Waals surface area contributed by atoms with Crippen LogP contribution in [0.2, 0.25) is 0 Å². The smallest absolute Gasteiger partial charge is 0.341 e. The molecule has 5 bridgehead atoms. The lowest BCUT2D eigenvalue weighted by Crippen LogP contribution is -2.87. The Hall–Kier alpha value is -1.97. The first-order valence-electron chi connectivity index (χ1n) is 9.96. The number of esters is 3. The maximum atomic E-state index is 12.9. The van der Waals surface area contributed by atoms with Crippen molar-refractivity contribution in [2.75, 3.05) is 6.61 Å². The number of ether oxygens (including phenoxy) is 5. The molecule has 0 aromatic carbocycles. The largest absolute Gasteiger partial charge is 0.462 e. The second kappa shape index (κ2) is 4.68. The summed E-state index contributed by atoms with van der Waals surface area (Å²) < 4.78 is 29.4. The molecular weight excluding hydrogens is 384 g/mol. The molecule has 0 radical (unpaired) electrons. The second-order valence-electron chi connectivity index (χ2n) is 9.54. The minimum atomic E-state index is -1.60. The molecule has 8 atom stereocenters. The molecule has 6 fully saturated rings. The highest BCUT2D eigenvalue weighted by atomic mass is 16.8. The molecule has 9 nitrogen and oxygen atoms in total. The van der Waals surface area contributed by atoms with Gasteiger partial charge in [0.2, 0.25) is 17.9 Å². The fraction of sp³-hybridized carbons (Fsp3) is 0.750. The van der Waals surface area contributed by atoms with E-state index in [1.165, 1.54) is 6.08 Å². The van der Waals surface area contributed by atoms with Gasteiger partial charge in [0, 0.05) is 12.8 Å². The van der Waals surface area contributed by atoms with Crippen molar-refractivity contribution >= 4 is 17.9 Å². The van der Waals surface area contributed by atoms with Gasteiger partial charge in [-0.3, -0.25) is 9.59 Å². The van der Waals surface area contributed by atoms with Crippen LogP contribution in [-0.2, 0) is 38.1 Å². The molecule has 0 unspecified atom stereocenters. The molecule has 7 rings (SSSR count). The van der Waals surface area contributed by atoms with Crippen molar-refractivity contribution in [3.8, 4) is 0 Å². The number of hydrogen-bond donors (Lipinski definition) is 1. The van der Waals surface area contributed by atoms with Gasteiger partial charge in [-0.15, -0.1) is 0 Å².